The number of benzene rings is 1. The summed E-state index contributed by atoms with van der Waals surface area (Å²) in [5.41, 5.74) is 1.06. The number of aromatic nitrogens is 2. The number of carbonyl (C=O) groups is 1. The molecule has 0 bridgehead atoms. The molecule has 1 amide bonds. The van der Waals surface area contributed by atoms with E-state index in [1.54, 1.807) is 6.33 Å². The van der Waals surface area contributed by atoms with E-state index in [-0.39, 0.29) is 5.91 Å². The van der Waals surface area contributed by atoms with Crippen molar-refractivity contribution in [1.82, 2.24) is 15.3 Å². The van der Waals surface area contributed by atoms with Crippen molar-refractivity contribution < 1.29 is 4.79 Å². The molecule has 1 aromatic carbocycles. The van der Waals surface area contributed by atoms with Gasteiger partial charge >= 0.3 is 0 Å². The molecule has 6 nitrogen and oxygen atoms in total. The first kappa shape index (κ1) is 21.4. The van der Waals surface area contributed by atoms with Gasteiger partial charge in [-0.2, -0.15) is 0 Å². The van der Waals surface area contributed by atoms with Crippen LogP contribution in [-0.4, -0.2) is 35.5 Å². The Labute approximate surface area is 178 Å². The third kappa shape index (κ3) is 6.89. The van der Waals surface area contributed by atoms with Gasteiger partial charge in [-0.1, -0.05) is 30.7 Å². The van der Waals surface area contributed by atoms with Gasteiger partial charge in [0.15, 0.2) is 0 Å². The maximum atomic E-state index is 12.2. The average Bonchev–Trinajstić information content (AvgIpc) is 2.76. The van der Waals surface area contributed by atoms with Crippen LogP contribution in [0, 0.1) is 5.92 Å². The van der Waals surface area contributed by atoms with Crippen LogP contribution in [0.3, 0.4) is 0 Å². The molecule has 1 fully saturated rings. The van der Waals surface area contributed by atoms with Gasteiger partial charge in [-0.25, -0.2) is 9.97 Å². The van der Waals surface area contributed by atoms with E-state index in [1.807, 2.05) is 30.3 Å². The second kappa shape index (κ2) is 11.0. The molecule has 0 saturated carbocycles. The first-order valence-corrected chi connectivity index (χ1v) is 10.8. The zero-order chi connectivity index (χ0) is 20.5. The Kier molecular flexibility index (Phi) is 8.11. The number of carbonyl (C=O) groups excluding carboxylic acids is 1. The molecule has 1 saturated heterocycles. The summed E-state index contributed by atoms with van der Waals surface area (Å²) in [5.74, 6) is 2.45. The number of hydrogen-bond acceptors (Lipinski definition) is 5. The zero-order valence-corrected chi connectivity index (χ0v) is 17.8. The molecule has 7 heteroatoms. The quantitative estimate of drug-likeness (QED) is 0.640. The van der Waals surface area contributed by atoms with Crippen molar-refractivity contribution in [2.75, 3.05) is 29.9 Å². The SMILES string of the molecule is CCCNc1cc(N2CCCC(CCC(=O)NCc3ccc(Cl)cc3)C2)ncn1. The third-order valence-electron chi connectivity index (χ3n) is 5.23. The fourth-order valence-corrected chi connectivity index (χ4v) is 3.73. The minimum atomic E-state index is 0.102. The first-order valence-electron chi connectivity index (χ1n) is 10.5. The predicted molar refractivity (Wildman–Crippen MR) is 118 cm³/mol. The average molecular weight is 416 g/mol. The molecule has 1 aromatic heterocycles. The molecule has 0 aliphatic carbocycles. The fourth-order valence-electron chi connectivity index (χ4n) is 3.61. The van der Waals surface area contributed by atoms with Crippen LogP contribution in [-0.2, 0) is 11.3 Å². The molecular weight excluding hydrogens is 386 g/mol. The van der Waals surface area contributed by atoms with E-state index in [9.17, 15) is 4.79 Å². The van der Waals surface area contributed by atoms with Crippen molar-refractivity contribution in [3.8, 4) is 0 Å². The molecule has 156 valence electrons. The molecule has 1 aliphatic rings. The van der Waals surface area contributed by atoms with Crippen LogP contribution in [0.5, 0.6) is 0 Å². The Balaban J connectivity index is 1.44. The van der Waals surface area contributed by atoms with E-state index in [0.29, 0.717) is 23.9 Å². The topological polar surface area (TPSA) is 70.2 Å². The van der Waals surface area contributed by atoms with Gasteiger partial charge in [-0.05, 0) is 49.3 Å². The Morgan fingerprint density at radius 2 is 2.10 bits per heavy atom. The second-order valence-electron chi connectivity index (χ2n) is 7.58. The van der Waals surface area contributed by atoms with Crippen LogP contribution < -0.4 is 15.5 Å². The number of nitrogens with zero attached hydrogens (tertiary/aromatic N) is 3. The van der Waals surface area contributed by atoms with E-state index >= 15 is 0 Å². The van der Waals surface area contributed by atoms with Gasteiger partial charge in [0, 0.05) is 43.7 Å². The Bertz CT molecular complexity index is 783. The lowest BCUT2D eigenvalue weighted by molar-refractivity contribution is -0.121. The minimum Gasteiger partial charge on any atom is -0.370 e. The van der Waals surface area contributed by atoms with Crippen LogP contribution in [0.1, 0.15) is 44.6 Å². The van der Waals surface area contributed by atoms with Gasteiger partial charge in [-0.3, -0.25) is 4.79 Å². The van der Waals surface area contributed by atoms with Crippen LogP contribution in [0.15, 0.2) is 36.7 Å². The van der Waals surface area contributed by atoms with E-state index < -0.39 is 0 Å². The molecule has 3 rings (SSSR count). The van der Waals surface area contributed by atoms with E-state index in [4.69, 9.17) is 11.6 Å². The fraction of sp³-hybridized carbons (Fsp3) is 0.500. The van der Waals surface area contributed by atoms with Gasteiger partial charge in [0.05, 0.1) is 0 Å². The zero-order valence-electron chi connectivity index (χ0n) is 17.0. The molecule has 2 heterocycles. The van der Waals surface area contributed by atoms with Crippen molar-refractivity contribution in [2.24, 2.45) is 5.92 Å². The lowest BCUT2D eigenvalue weighted by atomic mass is 9.93. The summed E-state index contributed by atoms with van der Waals surface area (Å²) >= 11 is 5.89. The standard InChI is InChI=1S/C22H30ClN5O/c1-2-11-24-20-13-21(27-16-26-20)28-12-3-4-18(15-28)7-10-22(29)25-14-17-5-8-19(23)9-6-17/h5-6,8-9,13,16,18H,2-4,7,10-12,14-15H2,1H3,(H,25,29)(H,24,26,27). The van der Waals surface area contributed by atoms with Crippen molar-refractivity contribution >= 4 is 29.1 Å². The van der Waals surface area contributed by atoms with Gasteiger partial charge in [0.25, 0.3) is 0 Å². The number of rotatable bonds is 9. The smallest absolute Gasteiger partial charge is 0.220 e. The second-order valence-corrected chi connectivity index (χ2v) is 8.02. The largest absolute Gasteiger partial charge is 0.370 e. The summed E-state index contributed by atoms with van der Waals surface area (Å²) in [4.78, 5) is 23.3. The number of anilines is 2. The lowest BCUT2D eigenvalue weighted by Gasteiger charge is -2.33. The highest BCUT2D eigenvalue weighted by molar-refractivity contribution is 6.30. The highest BCUT2D eigenvalue weighted by Crippen LogP contribution is 2.25. The molecule has 2 aromatic rings. The maximum absolute atomic E-state index is 12.2. The minimum absolute atomic E-state index is 0.102. The molecule has 0 spiro atoms. The third-order valence-corrected chi connectivity index (χ3v) is 5.49. The van der Waals surface area contributed by atoms with Gasteiger partial charge in [0.2, 0.25) is 5.91 Å². The van der Waals surface area contributed by atoms with Crippen molar-refractivity contribution in [1.29, 1.82) is 0 Å². The highest BCUT2D eigenvalue weighted by atomic mass is 35.5. The van der Waals surface area contributed by atoms with E-state index in [0.717, 1.165) is 62.5 Å². The predicted octanol–water partition coefficient (Wildman–Crippen LogP) is 4.26. The Hall–Kier alpha value is -2.34. The summed E-state index contributed by atoms with van der Waals surface area (Å²) in [6.07, 6.45) is 6.42. The monoisotopic (exact) mass is 415 g/mol. The Morgan fingerprint density at radius 3 is 2.90 bits per heavy atom. The number of halogens is 1. The normalized spacial score (nSPS) is 16.5. The summed E-state index contributed by atoms with van der Waals surface area (Å²) in [5, 5.41) is 7.03. The number of piperidine rings is 1. The maximum Gasteiger partial charge on any atom is 0.220 e. The van der Waals surface area contributed by atoms with Crippen LogP contribution in [0.4, 0.5) is 11.6 Å². The van der Waals surface area contributed by atoms with Crippen molar-refractivity contribution in [2.45, 2.75) is 45.6 Å². The summed E-state index contributed by atoms with van der Waals surface area (Å²) in [6, 6.07) is 9.59. The van der Waals surface area contributed by atoms with Crippen LogP contribution in [0.2, 0.25) is 5.02 Å². The summed E-state index contributed by atoms with van der Waals surface area (Å²) in [6.45, 7) is 5.53. The summed E-state index contributed by atoms with van der Waals surface area (Å²) < 4.78 is 0. The number of amides is 1. The van der Waals surface area contributed by atoms with E-state index in [1.165, 1.54) is 0 Å². The lowest BCUT2D eigenvalue weighted by Crippen LogP contribution is -2.36. The van der Waals surface area contributed by atoms with E-state index in [2.05, 4.69) is 32.4 Å². The molecule has 2 N–H and O–H groups in total. The van der Waals surface area contributed by atoms with Gasteiger partial charge < -0.3 is 15.5 Å². The summed E-state index contributed by atoms with van der Waals surface area (Å²) in [7, 11) is 0. The molecule has 29 heavy (non-hydrogen) atoms. The van der Waals surface area contributed by atoms with Gasteiger partial charge in [-0.15, -0.1) is 0 Å². The van der Waals surface area contributed by atoms with Crippen molar-refractivity contribution in [3.63, 3.8) is 0 Å². The van der Waals surface area contributed by atoms with Crippen LogP contribution >= 0.6 is 11.6 Å². The van der Waals surface area contributed by atoms with Crippen molar-refractivity contribution in [3.05, 3.63) is 47.2 Å². The molecule has 1 atom stereocenters. The highest BCUT2D eigenvalue weighted by Gasteiger charge is 2.22. The molecular formula is C22H30ClN5O. The molecule has 0 radical (unpaired) electrons. The first-order chi connectivity index (χ1) is 14.1. The molecule has 1 unspecified atom stereocenters. The van der Waals surface area contributed by atoms with Crippen LogP contribution in [0.25, 0.3) is 0 Å². The Morgan fingerprint density at radius 1 is 1.28 bits per heavy atom. The molecule has 1 aliphatic heterocycles. The number of hydrogen-bond donors (Lipinski definition) is 2. The van der Waals surface area contributed by atoms with Gasteiger partial charge in [0.1, 0.15) is 18.0 Å². The number of nitrogens with one attached hydrogen (secondary N) is 2.